The van der Waals surface area contributed by atoms with Crippen molar-refractivity contribution >= 4 is 16.8 Å². The van der Waals surface area contributed by atoms with Gasteiger partial charge in [0.25, 0.3) is 0 Å². The zero-order valence-electron chi connectivity index (χ0n) is 19.0. The molecule has 5 rings (SSSR count). The van der Waals surface area contributed by atoms with Crippen molar-refractivity contribution in [2.75, 3.05) is 52.5 Å². The maximum Gasteiger partial charge on any atom is 0.249 e. The molecular weight excluding hydrogens is 420 g/mol. The van der Waals surface area contributed by atoms with Gasteiger partial charge in [0.2, 0.25) is 17.7 Å². The summed E-state index contributed by atoms with van der Waals surface area (Å²) < 4.78 is 13.4. The summed E-state index contributed by atoms with van der Waals surface area (Å²) in [6, 6.07) is 8.02. The Labute approximate surface area is 193 Å². The highest BCUT2D eigenvalue weighted by Gasteiger charge is 2.19. The van der Waals surface area contributed by atoms with Crippen molar-refractivity contribution in [3.8, 4) is 11.5 Å². The van der Waals surface area contributed by atoms with E-state index in [0.717, 1.165) is 62.4 Å². The molecule has 0 radical (unpaired) electrons. The second kappa shape index (κ2) is 10.5. The number of benzene rings is 1. The Morgan fingerprint density at radius 3 is 2.67 bits per heavy atom. The van der Waals surface area contributed by atoms with E-state index in [1.165, 1.54) is 19.3 Å². The SMILES string of the molecule is O=C(Cn1cc(-c2nnc(CN3CCCCC3)o2)c2ccccc21)NCCN1CCOCC1. The highest BCUT2D eigenvalue weighted by atomic mass is 16.5. The maximum atomic E-state index is 12.6. The minimum absolute atomic E-state index is 0.00752. The van der Waals surface area contributed by atoms with Gasteiger partial charge in [0.15, 0.2) is 0 Å². The monoisotopic (exact) mass is 452 g/mol. The molecule has 1 aromatic carbocycles. The predicted molar refractivity (Wildman–Crippen MR) is 125 cm³/mol. The highest BCUT2D eigenvalue weighted by molar-refractivity contribution is 5.94. The lowest BCUT2D eigenvalue weighted by molar-refractivity contribution is -0.121. The molecule has 0 aliphatic carbocycles. The molecule has 2 aromatic heterocycles. The van der Waals surface area contributed by atoms with Gasteiger partial charge in [0, 0.05) is 43.3 Å². The number of amides is 1. The number of nitrogens with one attached hydrogen (secondary N) is 1. The summed E-state index contributed by atoms with van der Waals surface area (Å²) >= 11 is 0. The fourth-order valence-corrected chi connectivity index (χ4v) is 4.67. The third-order valence-corrected chi connectivity index (χ3v) is 6.46. The van der Waals surface area contributed by atoms with Crippen LogP contribution in [0.4, 0.5) is 0 Å². The molecule has 2 fully saturated rings. The van der Waals surface area contributed by atoms with E-state index in [1.807, 2.05) is 35.0 Å². The average Bonchev–Trinajstić information content (AvgIpc) is 3.45. The van der Waals surface area contributed by atoms with Crippen molar-refractivity contribution in [1.82, 2.24) is 29.9 Å². The first-order valence-electron chi connectivity index (χ1n) is 12.0. The lowest BCUT2D eigenvalue weighted by Gasteiger charge is -2.26. The summed E-state index contributed by atoms with van der Waals surface area (Å²) in [4.78, 5) is 17.3. The standard InChI is InChI=1S/C24H32N6O3/c31-22(25-8-11-28-12-14-32-15-13-28)17-30-16-20(19-6-2-3-7-21(19)30)24-27-26-23(33-24)18-29-9-4-1-5-10-29/h2-3,6-7,16H,1,4-5,8-15,17-18H2,(H,25,31). The molecule has 2 saturated heterocycles. The number of likely N-dealkylation sites (tertiary alicyclic amines) is 1. The Bertz CT molecular complexity index is 1070. The highest BCUT2D eigenvalue weighted by Crippen LogP contribution is 2.30. The van der Waals surface area contributed by atoms with Gasteiger partial charge in [-0.25, -0.2) is 0 Å². The number of aromatic nitrogens is 3. The molecule has 0 unspecified atom stereocenters. The van der Waals surface area contributed by atoms with Crippen LogP contribution in [0.15, 0.2) is 34.9 Å². The minimum Gasteiger partial charge on any atom is -0.419 e. The summed E-state index contributed by atoms with van der Waals surface area (Å²) in [6.45, 7) is 7.95. The van der Waals surface area contributed by atoms with Crippen molar-refractivity contribution in [3.05, 3.63) is 36.4 Å². The number of rotatable bonds is 8. The molecule has 1 amide bonds. The van der Waals surface area contributed by atoms with E-state index < -0.39 is 0 Å². The Hall–Kier alpha value is -2.75. The number of fused-ring (bicyclic) bond motifs is 1. The van der Waals surface area contributed by atoms with E-state index in [9.17, 15) is 4.79 Å². The Balaban J connectivity index is 1.25. The largest absolute Gasteiger partial charge is 0.419 e. The number of ether oxygens (including phenoxy) is 1. The molecule has 0 saturated carbocycles. The fourth-order valence-electron chi connectivity index (χ4n) is 4.67. The van der Waals surface area contributed by atoms with Gasteiger partial charge in [-0.2, -0.15) is 0 Å². The summed E-state index contributed by atoms with van der Waals surface area (Å²) in [5, 5.41) is 12.7. The molecule has 2 aliphatic rings. The van der Waals surface area contributed by atoms with E-state index in [2.05, 4.69) is 25.3 Å². The molecular formula is C24H32N6O3. The molecule has 2 aliphatic heterocycles. The normalized spacial score (nSPS) is 18.1. The smallest absolute Gasteiger partial charge is 0.249 e. The number of carbonyl (C=O) groups excluding carboxylic acids is 1. The molecule has 1 N–H and O–H groups in total. The van der Waals surface area contributed by atoms with E-state index in [0.29, 0.717) is 24.9 Å². The molecule has 33 heavy (non-hydrogen) atoms. The topological polar surface area (TPSA) is 88.7 Å². The predicted octanol–water partition coefficient (Wildman–Crippen LogP) is 2.13. The van der Waals surface area contributed by atoms with Crippen LogP contribution in [0.2, 0.25) is 0 Å². The molecule has 9 heteroatoms. The van der Waals surface area contributed by atoms with Crippen LogP contribution in [0, 0.1) is 0 Å². The quantitative estimate of drug-likeness (QED) is 0.560. The van der Waals surface area contributed by atoms with Crippen molar-refractivity contribution in [1.29, 1.82) is 0 Å². The van der Waals surface area contributed by atoms with E-state index in [1.54, 1.807) is 0 Å². The van der Waals surface area contributed by atoms with Crippen LogP contribution in [0.5, 0.6) is 0 Å². The van der Waals surface area contributed by atoms with E-state index >= 15 is 0 Å². The van der Waals surface area contributed by atoms with Gasteiger partial charge in [-0.05, 0) is 32.0 Å². The van der Waals surface area contributed by atoms with E-state index in [4.69, 9.17) is 9.15 Å². The lowest BCUT2D eigenvalue weighted by atomic mass is 10.1. The first kappa shape index (κ1) is 22.1. The average molecular weight is 453 g/mol. The maximum absolute atomic E-state index is 12.6. The molecule has 9 nitrogen and oxygen atoms in total. The van der Waals surface area contributed by atoms with Crippen molar-refractivity contribution < 1.29 is 13.9 Å². The molecule has 0 spiro atoms. The first-order chi connectivity index (χ1) is 16.3. The molecule has 0 bridgehead atoms. The molecule has 3 aromatic rings. The number of morpholine rings is 1. The van der Waals surface area contributed by atoms with E-state index in [-0.39, 0.29) is 12.5 Å². The lowest BCUT2D eigenvalue weighted by Crippen LogP contribution is -2.41. The zero-order chi connectivity index (χ0) is 22.5. The number of hydrogen-bond acceptors (Lipinski definition) is 7. The third-order valence-electron chi connectivity index (χ3n) is 6.46. The third kappa shape index (κ3) is 5.43. The van der Waals surface area contributed by atoms with Crippen molar-refractivity contribution in [2.24, 2.45) is 0 Å². The van der Waals surface area contributed by atoms with Crippen molar-refractivity contribution in [3.63, 3.8) is 0 Å². The number of para-hydroxylation sites is 1. The molecule has 0 atom stereocenters. The Kier molecular flexibility index (Phi) is 6.99. The Morgan fingerprint density at radius 1 is 1.00 bits per heavy atom. The van der Waals surface area contributed by atoms with Crippen LogP contribution >= 0.6 is 0 Å². The van der Waals surface area contributed by atoms with Crippen LogP contribution in [0.1, 0.15) is 25.2 Å². The number of piperidine rings is 1. The van der Waals surface area contributed by atoms with Crippen LogP contribution in [0.3, 0.4) is 0 Å². The second-order valence-electron chi connectivity index (χ2n) is 8.83. The van der Waals surface area contributed by atoms with Gasteiger partial charge in [0.1, 0.15) is 6.54 Å². The number of carbonyl (C=O) groups is 1. The minimum atomic E-state index is -0.00752. The number of nitrogens with zero attached hydrogens (tertiary/aromatic N) is 5. The molecule has 176 valence electrons. The second-order valence-corrected chi connectivity index (χ2v) is 8.83. The van der Waals surface area contributed by atoms with Crippen LogP contribution in [-0.2, 0) is 22.6 Å². The van der Waals surface area contributed by atoms with Gasteiger partial charge >= 0.3 is 0 Å². The zero-order valence-corrected chi connectivity index (χ0v) is 19.0. The first-order valence-corrected chi connectivity index (χ1v) is 12.0. The van der Waals surface area contributed by atoms with Gasteiger partial charge in [0.05, 0.1) is 25.3 Å². The summed E-state index contributed by atoms with van der Waals surface area (Å²) in [7, 11) is 0. The Morgan fingerprint density at radius 2 is 1.82 bits per heavy atom. The summed E-state index contributed by atoms with van der Waals surface area (Å²) in [6.07, 6.45) is 5.70. The van der Waals surface area contributed by atoms with Crippen LogP contribution in [0.25, 0.3) is 22.4 Å². The van der Waals surface area contributed by atoms with Gasteiger partial charge in [-0.1, -0.05) is 24.6 Å². The fraction of sp³-hybridized carbons (Fsp3) is 0.542. The van der Waals surface area contributed by atoms with Crippen LogP contribution < -0.4 is 5.32 Å². The molecule has 4 heterocycles. The van der Waals surface area contributed by atoms with Gasteiger partial charge < -0.3 is 19.0 Å². The van der Waals surface area contributed by atoms with Crippen LogP contribution in [-0.4, -0.2) is 83.0 Å². The van der Waals surface area contributed by atoms with Gasteiger partial charge in [-0.3, -0.25) is 14.6 Å². The number of hydrogen-bond donors (Lipinski definition) is 1. The summed E-state index contributed by atoms with van der Waals surface area (Å²) in [5.74, 6) is 1.14. The van der Waals surface area contributed by atoms with Crippen molar-refractivity contribution in [2.45, 2.75) is 32.4 Å². The summed E-state index contributed by atoms with van der Waals surface area (Å²) in [5.41, 5.74) is 1.84. The van der Waals surface area contributed by atoms with Gasteiger partial charge in [-0.15, -0.1) is 10.2 Å².